The molecule has 3 aromatic carbocycles. The van der Waals surface area contributed by atoms with Gasteiger partial charge in [0.2, 0.25) is 0 Å². The van der Waals surface area contributed by atoms with Crippen molar-refractivity contribution >= 4 is 0 Å². The van der Waals surface area contributed by atoms with Gasteiger partial charge < -0.3 is 0 Å². The number of rotatable bonds is 3. The van der Waals surface area contributed by atoms with E-state index in [9.17, 15) is 13.2 Å². The second-order valence-electron chi connectivity index (χ2n) is 11.3. The number of nitrogens with zero attached hydrogens (tertiary/aromatic N) is 1. The molecule has 1 heterocycles. The van der Waals surface area contributed by atoms with Gasteiger partial charge >= 0.3 is 6.18 Å². The zero-order chi connectivity index (χ0) is 26.3. The summed E-state index contributed by atoms with van der Waals surface area (Å²) in [5, 5.41) is 0. The third kappa shape index (κ3) is 5.09. The van der Waals surface area contributed by atoms with E-state index in [1.807, 2.05) is 60.7 Å². The molecule has 0 aliphatic rings. The predicted octanol–water partition coefficient (Wildman–Crippen LogP) is 9.70. The fourth-order valence-corrected chi connectivity index (χ4v) is 4.80. The molecule has 0 saturated carbocycles. The van der Waals surface area contributed by atoms with Crippen LogP contribution in [0.4, 0.5) is 13.2 Å². The molecule has 0 aliphatic heterocycles. The van der Waals surface area contributed by atoms with E-state index >= 15 is 0 Å². The van der Waals surface area contributed by atoms with E-state index in [1.54, 1.807) is 12.4 Å². The van der Waals surface area contributed by atoms with Crippen LogP contribution in [0.1, 0.15) is 58.2 Å². The fourth-order valence-electron chi connectivity index (χ4n) is 4.80. The summed E-state index contributed by atoms with van der Waals surface area (Å²) in [5.74, 6) is 0. The summed E-state index contributed by atoms with van der Waals surface area (Å²) in [6.45, 7) is 12.5. The maximum Gasteiger partial charge on any atom is 0.416 e. The molecular weight excluding hydrogens is 455 g/mol. The normalized spacial score (nSPS) is 12.6. The van der Waals surface area contributed by atoms with Crippen LogP contribution >= 0.6 is 0 Å². The zero-order valence-electron chi connectivity index (χ0n) is 21.7. The quantitative estimate of drug-likeness (QED) is 0.280. The van der Waals surface area contributed by atoms with Crippen molar-refractivity contribution in [2.45, 2.75) is 58.5 Å². The highest BCUT2D eigenvalue weighted by molar-refractivity contribution is 5.96. The highest BCUT2D eigenvalue weighted by Crippen LogP contribution is 2.48. The van der Waals surface area contributed by atoms with Gasteiger partial charge in [-0.1, -0.05) is 96.1 Å². The largest absolute Gasteiger partial charge is 0.416 e. The van der Waals surface area contributed by atoms with Gasteiger partial charge in [-0.25, -0.2) is 0 Å². The van der Waals surface area contributed by atoms with E-state index in [4.69, 9.17) is 0 Å². The summed E-state index contributed by atoms with van der Waals surface area (Å²) < 4.78 is 43.1. The highest BCUT2D eigenvalue weighted by Gasteiger charge is 2.34. The van der Waals surface area contributed by atoms with Crippen molar-refractivity contribution in [1.29, 1.82) is 0 Å². The minimum atomic E-state index is -4.50. The molecule has 1 aromatic heterocycles. The number of aromatic nitrogens is 1. The second kappa shape index (κ2) is 9.24. The van der Waals surface area contributed by atoms with E-state index < -0.39 is 11.7 Å². The predicted molar refractivity (Wildman–Crippen MR) is 143 cm³/mol. The Morgan fingerprint density at radius 2 is 1.06 bits per heavy atom. The first-order valence-corrected chi connectivity index (χ1v) is 12.1. The lowest BCUT2D eigenvalue weighted by molar-refractivity contribution is -0.137. The molecule has 1 nitrogen and oxygen atoms in total. The maximum absolute atomic E-state index is 14.4. The number of alkyl halides is 3. The SMILES string of the molecule is CC(C)(C)c1ccccc1-c1cc(C(F)(F)F)cc(-c2ccccc2C(C)(C)C)c1-c1cccnc1. The molecule has 4 heteroatoms. The van der Waals surface area contributed by atoms with Crippen LogP contribution in [0.5, 0.6) is 0 Å². The molecule has 0 amide bonds. The smallest absolute Gasteiger partial charge is 0.264 e. The molecule has 0 atom stereocenters. The van der Waals surface area contributed by atoms with E-state index in [-0.39, 0.29) is 10.8 Å². The summed E-state index contributed by atoms with van der Waals surface area (Å²) >= 11 is 0. The summed E-state index contributed by atoms with van der Waals surface area (Å²) in [6, 6.07) is 21.9. The van der Waals surface area contributed by atoms with Gasteiger partial charge in [0.25, 0.3) is 0 Å². The van der Waals surface area contributed by atoms with Gasteiger partial charge in [-0.05, 0) is 68.0 Å². The van der Waals surface area contributed by atoms with Gasteiger partial charge in [-0.3, -0.25) is 4.98 Å². The van der Waals surface area contributed by atoms with E-state index in [0.717, 1.165) is 33.4 Å². The lowest BCUT2D eigenvalue weighted by atomic mass is 9.76. The molecule has 36 heavy (non-hydrogen) atoms. The Labute approximate surface area is 212 Å². The molecule has 4 rings (SSSR count). The first-order chi connectivity index (χ1) is 16.8. The van der Waals surface area contributed by atoms with Crippen LogP contribution < -0.4 is 0 Å². The number of pyridine rings is 1. The fraction of sp³-hybridized carbons (Fsp3) is 0.281. The van der Waals surface area contributed by atoms with Crippen LogP contribution in [-0.4, -0.2) is 4.98 Å². The Balaban J connectivity index is 2.23. The van der Waals surface area contributed by atoms with Crippen LogP contribution in [-0.2, 0) is 17.0 Å². The van der Waals surface area contributed by atoms with Crippen LogP contribution in [0.25, 0.3) is 33.4 Å². The first-order valence-electron chi connectivity index (χ1n) is 12.1. The molecule has 186 valence electrons. The van der Waals surface area contributed by atoms with Gasteiger partial charge in [-0.2, -0.15) is 13.2 Å². The Hall–Kier alpha value is -3.40. The lowest BCUT2D eigenvalue weighted by Crippen LogP contribution is -2.15. The van der Waals surface area contributed by atoms with Crippen LogP contribution in [0.15, 0.2) is 85.2 Å². The van der Waals surface area contributed by atoms with E-state index in [2.05, 4.69) is 46.5 Å². The van der Waals surface area contributed by atoms with Gasteiger partial charge in [0, 0.05) is 18.0 Å². The Morgan fingerprint density at radius 3 is 1.44 bits per heavy atom. The summed E-state index contributed by atoms with van der Waals surface area (Å²) in [6.07, 6.45) is -1.08. The van der Waals surface area contributed by atoms with Gasteiger partial charge in [0.1, 0.15) is 0 Å². The standard InChI is InChI=1S/C32H32F3N/c1-30(2,3)27-15-9-7-13-23(27)25-18-22(32(33,34)35)19-26(29(25)21-12-11-17-36-20-21)24-14-8-10-16-28(24)31(4,5)6/h7-20H,1-6H3. The van der Waals surface area contributed by atoms with Crippen molar-refractivity contribution < 1.29 is 13.2 Å². The van der Waals surface area contributed by atoms with Crippen molar-refractivity contribution in [2.75, 3.05) is 0 Å². The first kappa shape index (κ1) is 25.7. The van der Waals surface area contributed by atoms with Gasteiger partial charge in [0.05, 0.1) is 5.56 Å². The van der Waals surface area contributed by atoms with Crippen LogP contribution in [0.3, 0.4) is 0 Å². The van der Waals surface area contributed by atoms with E-state index in [0.29, 0.717) is 11.1 Å². The average Bonchev–Trinajstić information content (AvgIpc) is 2.82. The zero-order valence-corrected chi connectivity index (χ0v) is 21.7. The third-order valence-electron chi connectivity index (χ3n) is 6.47. The topological polar surface area (TPSA) is 12.9 Å². The average molecular weight is 488 g/mol. The second-order valence-corrected chi connectivity index (χ2v) is 11.3. The molecule has 0 spiro atoms. The van der Waals surface area contributed by atoms with Crippen molar-refractivity contribution in [2.24, 2.45) is 0 Å². The van der Waals surface area contributed by atoms with Crippen molar-refractivity contribution in [3.63, 3.8) is 0 Å². The molecule has 0 aliphatic carbocycles. The Bertz CT molecular complexity index is 1290. The lowest BCUT2D eigenvalue weighted by Gasteiger charge is -2.28. The molecule has 0 N–H and O–H groups in total. The third-order valence-corrected chi connectivity index (χ3v) is 6.47. The Kier molecular flexibility index (Phi) is 6.59. The Morgan fingerprint density at radius 1 is 0.583 bits per heavy atom. The molecular formula is C32H32F3N. The summed E-state index contributed by atoms with van der Waals surface area (Å²) in [7, 11) is 0. The van der Waals surface area contributed by atoms with E-state index in [1.165, 1.54) is 12.1 Å². The number of hydrogen-bond donors (Lipinski definition) is 0. The van der Waals surface area contributed by atoms with Crippen molar-refractivity contribution in [1.82, 2.24) is 4.98 Å². The molecule has 0 unspecified atom stereocenters. The highest BCUT2D eigenvalue weighted by atomic mass is 19.4. The minimum Gasteiger partial charge on any atom is -0.264 e. The maximum atomic E-state index is 14.4. The van der Waals surface area contributed by atoms with Crippen LogP contribution in [0.2, 0.25) is 0 Å². The number of hydrogen-bond acceptors (Lipinski definition) is 1. The molecule has 0 radical (unpaired) electrons. The summed E-state index contributed by atoms with van der Waals surface area (Å²) in [5.41, 5.74) is 5.04. The molecule has 0 bridgehead atoms. The summed E-state index contributed by atoms with van der Waals surface area (Å²) in [4.78, 5) is 4.32. The minimum absolute atomic E-state index is 0.263. The van der Waals surface area contributed by atoms with Gasteiger partial charge in [-0.15, -0.1) is 0 Å². The van der Waals surface area contributed by atoms with Crippen molar-refractivity contribution in [3.05, 3.63) is 102 Å². The number of halogens is 3. The molecule has 4 aromatic rings. The molecule has 0 saturated heterocycles. The van der Waals surface area contributed by atoms with Gasteiger partial charge in [0.15, 0.2) is 0 Å². The number of benzene rings is 3. The molecule has 0 fully saturated rings. The monoisotopic (exact) mass is 487 g/mol. The van der Waals surface area contributed by atoms with Crippen molar-refractivity contribution in [3.8, 4) is 33.4 Å². The van der Waals surface area contributed by atoms with Crippen LogP contribution in [0, 0.1) is 0 Å².